The number of likely N-dealkylation sites (N-methyl/N-ethyl adjacent to an activating group) is 1. The minimum absolute atomic E-state index is 0.0188. The molecule has 0 unspecified atom stereocenters. The van der Waals surface area contributed by atoms with Crippen molar-refractivity contribution in [1.29, 1.82) is 0 Å². The van der Waals surface area contributed by atoms with Crippen LogP contribution in [0.4, 0.5) is 16.2 Å². The summed E-state index contributed by atoms with van der Waals surface area (Å²) in [6, 6.07) is 3.59. The molecule has 122 valence electrons. The Labute approximate surface area is 133 Å². The Bertz CT molecular complexity index is 525. The van der Waals surface area contributed by atoms with E-state index in [9.17, 15) is 14.9 Å². The van der Waals surface area contributed by atoms with E-state index in [0.717, 1.165) is 6.54 Å². The molecule has 0 heterocycles. The fraction of sp³-hybridized carbons (Fsp3) is 0.462. The number of halogens is 1. The Morgan fingerprint density at radius 1 is 1.41 bits per heavy atom. The molecular formula is C13H19ClN4O4. The van der Waals surface area contributed by atoms with Crippen LogP contribution in [-0.2, 0) is 4.74 Å². The maximum absolute atomic E-state index is 11.6. The fourth-order valence-corrected chi connectivity index (χ4v) is 1.68. The van der Waals surface area contributed by atoms with Crippen LogP contribution in [0.2, 0.25) is 5.02 Å². The number of nitro groups is 1. The lowest BCUT2D eigenvalue weighted by molar-refractivity contribution is -0.384. The number of ether oxygens (including phenoxy) is 1. The van der Waals surface area contributed by atoms with Crippen molar-refractivity contribution >= 4 is 29.0 Å². The summed E-state index contributed by atoms with van der Waals surface area (Å²) in [6.45, 7) is 2.12. The normalized spacial score (nSPS) is 10.5. The van der Waals surface area contributed by atoms with Gasteiger partial charge < -0.3 is 20.3 Å². The molecular weight excluding hydrogens is 312 g/mol. The average molecular weight is 331 g/mol. The maximum atomic E-state index is 11.6. The second-order valence-electron chi connectivity index (χ2n) is 4.72. The maximum Gasteiger partial charge on any atom is 0.319 e. The Morgan fingerprint density at radius 2 is 2.14 bits per heavy atom. The lowest BCUT2D eigenvalue weighted by Gasteiger charge is -2.11. The van der Waals surface area contributed by atoms with Gasteiger partial charge in [0.25, 0.3) is 5.69 Å². The van der Waals surface area contributed by atoms with Gasteiger partial charge in [-0.25, -0.2) is 4.79 Å². The lowest BCUT2D eigenvalue weighted by atomic mass is 10.3. The van der Waals surface area contributed by atoms with Crippen LogP contribution in [0.3, 0.4) is 0 Å². The van der Waals surface area contributed by atoms with Gasteiger partial charge in [0.1, 0.15) is 5.02 Å². The highest BCUT2D eigenvalue weighted by Gasteiger charge is 2.13. The SMILES string of the molecule is CN(C)CCOCCNC(=O)Nc1ccc(Cl)c([N+](=O)[O-])c1. The third kappa shape index (κ3) is 6.70. The number of urea groups is 1. The molecule has 22 heavy (non-hydrogen) atoms. The summed E-state index contributed by atoms with van der Waals surface area (Å²) >= 11 is 5.69. The third-order valence-corrected chi connectivity index (χ3v) is 2.94. The van der Waals surface area contributed by atoms with Gasteiger partial charge in [0.05, 0.1) is 18.1 Å². The summed E-state index contributed by atoms with van der Waals surface area (Å²) in [4.78, 5) is 23.8. The molecule has 0 aliphatic carbocycles. The first kappa shape index (κ1) is 18.1. The smallest absolute Gasteiger partial charge is 0.319 e. The molecule has 8 nitrogen and oxygen atoms in total. The van der Waals surface area contributed by atoms with Gasteiger partial charge in [-0.15, -0.1) is 0 Å². The van der Waals surface area contributed by atoms with Crippen LogP contribution >= 0.6 is 11.6 Å². The molecule has 0 bridgehead atoms. The van der Waals surface area contributed by atoms with E-state index in [4.69, 9.17) is 16.3 Å². The molecule has 0 saturated heterocycles. The molecule has 0 radical (unpaired) electrons. The monoisotopic (exact) mass is 330 g/mol. The van der Waals surface area contributed by atoms with Crippen LogP contribution in [0.5, 0.6) is 0 Å². The number of nitro benzene ring substituents is 1. The van der Waals surface area contributed by atoms with Crippen LogP contribution in [0.25, 0.3) is 0 Å². The highest BCUT2D eigenvalue weighted by atomic mass is 35.5. The standard InChI is InChI=1S/C13H19ClN4O4/c1-17(2)6-8-22-7-5-15-13(19)16-10-3-4-11(14)12(9-10)18(20)21/h3-4,9H,5-8H2,1-2H3,(H2,15,16,19). The van der Waals surface area contributed by atoms with Crippen molar-refractivity contribution < 1.29 is 14.5 Å². The van der Waals surface area contributed by atoms with E-state index in [1.165, 1.54) is 18.2 Å². The molecule has 1 aromatic carbocycles. The van der Waals surface area contributed by atoms with Crippen molar-refractivity contribution in [2.24, 2.45) is 0 Å². The first-order valence-corrected chi connectivity index (χ1v) is 6.99. The number of anilines is 1. The van der Waals surface area contributed by atoms with E-state index < -0.39 is 11.0 Å². The minimum atomic E-state index is -0.607. The summed E-state index contributed by atoms with van der Waals surface area (Å²) in [5.74, 6) is 0. The number of nitrogens with zero attached hydrogens (tertiary/aromatic N) is 2. The van der Waals surface area contributed by atoms with Crippen LogP contribution in [0.15, 0.2) is 18.2 Å². The summed E-state index contributed by atoms with van der Waals surface area (Å²) in [5.41, 5.74) is 0.0358. The number of carbonyl (C=O) groups excluding carboxylic acids is 1. The second kappa shape index (κ2) is 9.19. The van der Waals surface area contributed by atoms with E-state index >= 15 is 0 Å². The Hall–Kier alpha value is -1.90. The molecule has 2 amide bonds. The van der Waals surface area contributed by atoms with Crippen molar-refractivity contribution in [3.8, 4) is 0 Å². The van der Waals surface area contributed by atoms with Gasteiger partial charge in [0, 0.05) is 24.8 Å². The number of carbonyl (C=O) groups is 1. The van der Waals surface area contributed by atoms with E-state index in [0.29, 0.717) is 25.4 Å². The number of benzene rings is 1. The molecule has 0 saturated carbocycles. The Balaban J connectivity index is 2.33. The number of rotatable bonds is 8. The molecule has 0 fully saturated rings. The zero-order valence-electron chi connectivity index (χ0n) is 12.5. The van der Waals surface area contributed by atoms with E-state index in [1.54, 1.807) is 0 Å². The highest BCUT2D eigenvalue weighted by molar-refractivity contribution is 6.32. The first-order valence-electron chi connectivity index (χ1n) is 6.61. The molecule has 2 N–H and O–H groups in total. The molecule has 0 aliphatic rings. The predicted octanol–water partition coefficient (Wildman–Crippen LogP) is 1.95. The van der Waals surface area contributed by atoms with Crippen molar-refractivity contribution in [2.45, 2.75) is 0 Å². The third-order valence-electron chi connectivity index (χ3n) is 2.62. The topological polar surface area (TPSA) is 96.7 Å². The number of hydrogen-bond acceptors (Lipinski definition) is 5. The summed E-state index contributed by atoms with van der Waals surface area (Å²) < 4.78 is 5.32. The summed E-state index contributed by atoms with van der Waals surface area (Å²) in [5, 5.41) is 15.9. The zero-order valence-corrected chi connectivity index (χ0v) is 13.2. The molecule has 0 spiro atoms. The van der Waals surface area contributed by atoms with Gasteiger partial charge in [-0.3, -0.25) is 10.1 Å². The van der Waals surface area contributed by atoms with Crippen molar-refractivity contribution in [2.75, 3.05) is 45.7 Å². The summed E-state index contributed by atoms with van der Waals surface area (Å²) in [7, 11) is 3.89. The Kier molecular flexibility index (Phi) is 7.58. The van der Waals surface area contributed by atoms with E-state index in [1.807, 2.05) is 19.0 Å². The van der Waals surface area contributed by atoms with Crippen LogP contribution in [0.1, 0.15) is 0 Å². The molecule has 9 heteroatoms. The summed E-state index contributed by atoms with van der Waals surface area (Å²) in [6.07, 6.45) is 0. The molecule has 1 aromatic rings. The van der Waals surface area contributed by atoms with Gasteiger partial charge >= 0.3 is 6.03 Å². The van der Waals surface area contributed by atoms with Crippen molar-refractivity contribution in [1.82, 2.24) is 10.2 Å². The quantitative estimate of drug-likeness (QED) is 0.431. The van der Waals surface area contributed by atoms with E-state index in [2.05, 4.69) is 10.6 Å². The molecule has 1 rings (SSSR count). The number of nitrogens with one attached hydrogen (secondary N) is 2. The fourth-order valence-electron chi connectivity index (χ4n) is 1.49. The lowest BCUT2D eigenvalue weighted by Crippen LogP contribution is -2.32. The van der Waals surface area contributed by atoms with Crippen molar-refractivity contribution in [3.63, 3.8) is 0 Å². The predicted molar refractivity (Wildman–Crippen MR) is 84.5 cm³/mol. The zero-order chi connectivity index (χ0) is 16.5. The van der Waals surface area contributed by atoms with Crippen LogP contribution in [-0.4, -0.2) is 56.3 Å². The van der Waals surface area contributed by atoms with Crippen molar-refractivity contribution in [3.05, 3.63) is 33.3 Å². The largest absolute Gasteiger partial charge is 0.378 e. The Morgan fingerprint density at radius 3 is 2.77 bits per heavy atom. The van der Waals surface area contributed by atoms with Gasteiger partial charge in [-0.05, 0) is 26.2 Å². The molecule has 0 aliphatic heterocycles. The van der Waals surface area contributed by atoms with Gasteiger partial charge in [-0.2, -0.15) is 0 Å². The average Bonchev–Trinajstić information content (AvgIpc) is 2.44. The second-order valence-corrected chi connectivity index (χ2v) is 5.13. The highest BCUT2D eigenvalue weighted by Crippen LogP contribution is 2.27. The van der Waals surface area contributed by atoms with Crippen LogP contribution < -0.4 is 10.6 Å². The van der Waals surface area contributed by atoms with Gasteiger partial charge in [0.15, 0.2) is 0 Å². The van der Waals surface area contributed by atoms with E-state index in [-0.39, 0.29) is 10.7 Å². The molecule has 0 atom stereocenters. The number of hydrogen-bond donors (Lipinski definition) is 2. The number of amides is 2. The minimum Gasteiger partial charge on any atom is -0.378 e. The van der Waals surface area contributed by atoms with Gasteiger partial charge in [-0.1, -0.05) is 11.6 Å². The molecule has 0 aromatic heterocycles. The van der Waals surface area contributed by atoms with Gasteiger partial charge in [0.2, 0.25) is 0 Å². The van der Waals surface area contributed by atoms with Crippen LogP contribution in [0, 0.1) is 10.1 Å². The first-order chi connectivity index (χ1) is 10.4.